The van der Waals surface area contributed by atoms with Crippen LogP contribution in [0.25, 0.3) is 0 Å². The molecule has 0 aliphatic carbocycles. The highest BCUT2D eigenvalue weighted by Crippen LogP contribution is 2.29. The van der Waals surface area contributed by atoms with Crippen LogP contribution in [0.5, 0.6) is 0 Å². The monoisotopic (exact) mass is 235 g/mol. The summed E-state index contributed by atoms with van der Waals surface area (Å²) in [6, 6.07) is -0.0301. The van der Waals surface area contributed by atoms with Crippen molar-refractivity contribution >= 4 is 7.80 Å². The van der Waals surface area contributed by atoms with Gasteiger partial charge in [-0.25, -0.2) is 0 Å². The van der Waals surface area contributed by atoms with E-state index in [2.05, 4.69) is 5.32 Å². The molecule has 0 aromatic carbocycles. The molecule has 2 saturated heterocycles. The highest BCUT2D eigenvalue weighted by molar-refractivity contribution is 7.43. The molecule has 0 saturated carbocycles. The molecule has 0 spiro atoms. The zero-order valence-electron chi connectivity index (χ0n) is 8.50. The SMILES string of the molecule is C[P+](=O)CCC(NC1OC1N)C1OC1O. The third kappa shape index (κ3) is 3.17. The Hall–Kier alpha value is -0.100. The minimum absolute atomic E-state index is 0.0301. The van der Waals surface area contributed by atoms with Gasteiger partial charge < -0.3 is 20.3 Å². The predicted molar refractivity (Wildman–Crippen MR) is 53.7 cm³/mol. The molecule has 86 valence electrons. The zero-order valence-corrected chi connectivity index (χ0v) is 9.39. The van der Waals surface area contributed by atoms with Crippen molar-refractivity contribution in [2.45, 2.75) is 37.3 Å². The molecule has 2 fully saturated rings. The minimum Gasteiger partial charge on any atom is -0.366 e. The number of aliphatic hydroxyl groups excluding tert-OH is 1. The predicted octanol–water partition coefficient (Wildman–Crippen LogP) is -0.850. The fourth-order valence-corrected chi connectivity index (χ4v) is 2.18. The molecule has 0 radical (unpaired) electrons. The van der Waals surface area contributed by atoms with E-state index in [1.807, 2.05) is 0 Å². The van der Waals surface area contributed by atoms with Gasteiger partial charge in [0.25, 0.3) is 0 Å². The summed E-state index contributed by atoms with van der Waals surface area (Å²) < 4.78 is 21.0. The maximum absolute atomic E-state index is 11.0. The van der Waals surface area contributed by atoms with Crippen LogP contribution in [-0.2, 0) is 14.0 Å². The first-order valence-electron chi connectivity index (χ1n) is 4.97. The first-order valence-corrected chi connectivity index (χ1v) is 6.86. The van der Waals surface area contributed by atoms with Crippen LogP contribution in [0.3, 0.4) is 0 Å². The van der Waals surface area contributed by atoms with Crippen LogP contribution in [0.1, 0.15) is 6.42 Å². The Morgan fingerprint density at radius 3 is 2.60 bits per heavy atom. The van der Waals surface area contributed by atoms with E-state index in [9.17, 15) is 4.57 Å². The Balaban J connectivity index is 1.77. The van der Waals surface area contributed by atoms with Crippen molar-refractivity contribution in [3.63, 3.8) is 0 Å². The average Bonchev–Trinajstić information content (AvgIpc) is 3.01. The Kier molecular flexibility index (Phi) is 3.35. The highest BCUT2D eigenvalue weighted by atomic mass is 31.1. The standard InChI is InChI=1S/C8H16N2O4P/c1-15(12)3-2-4(5-8(11)13-5)10-7-6(9)14-7/h4-8,10-11H,2-3,9H2,1H3/q+1. The van der Waals surface area contributed by atoms with E-state index in [1.165, 1.54) is 0 Å². The molecule has 2 rings (SSSR count). The number of hydrogen-bond donors (Lipinski definition) is 3. The Morgan fingerprint density at radius 2 is 2.20 bits per heavy atom. The summed E-state index contributed by atoms with van der Waals surface area (Å²) in [6.45, 7) is 1.69. The largest absolute Gasteiger partial charge is 0.366 e. The van der Waals surface area contributed by atoms with Gasteiger partial charge in [0, 0.05) is 12.5 Å². The van der Waals surface area contributed by atoms with Crippen molar-refractivity contribution in [2.24, 2.45) is 5.73 Å². The topological polar surface area (TPSA) is 100 Å². The number of epoxide rings is 2. The van der Waals surface area contributed by atoms with Crippen LogP contribution < -0.4 is 11.1 Å². The van der Waals surface area contributed by atoms with Gasteiger partial charge in [-0.3, -0.25) is 5.32 Å². The van der Waals surface area contributed by atoms with Crippen molar-refractivity contribution in [1.82, 2.24) is 5.32 Å². The normalized spacial score (nSPS) is 41.1. The van der Waals surface area contributed by atoms with Crippen LogP contribution in [0.15, 0.2) is 0 Å². The van der Waals surface area contributed by atoms with E-state index in [-0.39, 0.29) is 24.6 Å². The number of rotatable bonds is 6. The molecule has 6 atom stereocenters. The van der Waals surface area contributed by atoms with E-state index in [0.29, 0.717) is 12.6 Å². The van der Waals surface area contributed by atoms with E-state index < -0.39 is 14.1 Å². The molecule has 0 aromatic heterocycles. The van der Waals surface area contributed by atoms with Gasteiger partial charge in [-0.05, 0) is 0 Å². The molecule has 2 heterocycles. The van der Waals surface area contributed by atoms with Crippen molar-refractivity contribution in [1.29, 1.82) is 0 Å². The summed E-state index contributed by atoms with van der Waals surface area (Å²) >= 11 is 0. The second kappa shape index (κ2) is 4.41. The van der Waals surface area contributed by atoms with Gasteiger partial charge in [0.1, 0.15) is 25.2 Å². The number of aliphatic hydroxyl groups is 1. The van der Waals surface area contributed by atoms with Crippen LogP contribution in [0, 0.1) is 0 Å². The van der Waals surface area contributed by atoms with Gasteiger partial charge in [-0.2, -0.15) is 0 Å². The van der Waals surface area contributed by atoms with E-state index >= 15 is 0 Å². The molecule has 0 bridgehead atoms. The third-order valence-electron chi connectivity index (χ3n) is 2.56. The Bertz CT molecular complexity index is 265. The number of hydrogen-bond acceptors (Lipinski definition) is 6. The molecule has 0 amide bonds. The van der Waals surface area contributed by atoms with E-state index in [4.69, 9.17) is 20.3 Å². The van der Waals surface area contributed by atoms with Crippen molar-refractivity contribution in [3.05, 3.63) is 0 Å². The first-order chi connectivity index (χ1) is 7.08. The quantitative estimate of drug-likeness (QED) is 0.409. The lowest BCUT2D eigenvalue weighted by Crippen LogP contribution is -2.39. The molecule has 15 heavy (non-hydrogen) atoms. The maximum atomic E-state index is 11.0. The summed E-state index contributed by atoms with van der Waals surface area (Å²) in [5, 5.41) is 12.3. The molecular weight excluding hydrogens is 219 g/mol. The second-order valence-electron chi connectivity index (χ2n) is 3.93. The molecule has 6 nitrogen and oxygen atoms in total. The van der Waals surface area contributed by atoms with E-state index in [0.717, 1.165) is 0 Å². The third-order valence-corrected chi connectivity index (χ3v) is 3.44. The van der Waals surface area contributed by atoms with Gasteiger partial charge in [0.05, 0.1) is 0 Å². The van der Waals surface area contributed by atoms with Crippen LogP contribution in [0.4, 0.5) is 0 Å². The van der Waals surface area contributed by atoms with Crippen LogP contribution in [0.2, 0.25) is 0 Å². The van der Waals surface area contributed by atoms with Gasteiger partial charge in [0.2, 0.25) is 0 Å². The summed E-state index contributed by atoms with van der Waals surface area (Å²) in [6.07, 6.45) is -0.0230. The van der Waals surface area contributed by atoms with Crippen molar-refractivity contribution in [2.75, 3.05) is 12.8 Å². The molecule has 4 N–H and O–H groups in total. The molecule has 2 aliphatic heterocycles. The average molecular weight is 235 g/mol. The lowest BCUT2D eigenvalue weighted by molar-refractivity contribution is 0.155. The smallest absolute Gasteiger partial charge is 0.335 e. The second-order valence-corrected chi connectivity index (χ2v) is 5.63. The molecule has 2 aliphatic rings. The van der Waals surface area contributed by atoms with Gasteiger partial charge in [-0.15, -0.1) is 0 Å². The molecule has 0 aromatic rings. The Labute approximate surface area is 88.9 Å². The van der Waals surface area contributed by atoms with Gasteiger partial charge in [0.15, 0.2) is 12.5 Å². The zero-order chi connectivity index (χ0) is 11.0. The summed E-state index contributed by atoms with van der Waals surface area (Å²) in [7, 11) is -1.16. The lowest BCUT2D eigenvalue weighted by atomic mass is 10.1. The molecular formula is C8H16N2O4P+. The highest BCUT2D eigenvalue weighted by Gasteiger charge is 2.47. The molecule has 6 unspecified atom stereocenters. The summed E-state index contributed by atoms with van der Waals surface area (Å²) in [5.41, 5.74) is 5.48. The van der Waals surface area contributed by atoms with Gasteiger partial charge >= 0.3 is 7.80 Å². The van der Waals surface area contributed by atoms with Crippen LogP contribution in [-0.4, -0.2) is 48.8 Å². The fourth-order valence-electron chi connectivity index (χ4n) is 1.54. The summed E-state index contributed by atoms with van der Waals surface area (Å²) in [5.74, 6) is 0. The molecule has 7 heteroatoms. The number of nitrogens with two attached hydrogens (primary N) is 1. The number of nitrogens with one attached hydrogen (secondary N) is 1. The number of ether oxygens (including phenoxy) is 2. The van der Waals surface area contributed by atoms with Gasteiger partial charge in [-0.1, -0.05) is 4.57 Å². The lowest BCUT2D eigenvalue weighted by Gasteiger charge is -2.11. The van der Waals surface area contributed by atoms with Crippen molar-refractivity contribution < 1.29 is 19.1 Å². The Morgan fingerprint density at radius 1 is 1.60 bits per heavy atom. The van der Waals surface area contributed by atoms with Crippen molar-refractivity contribution in [3.8, 4) is 0 Å². The minimum atomic E-state index is -1.16. The summed E-state index contributed by atoms with van der Waals surface area (Å²) in [4.78, 5) is 0. The van der Waals surface area contributed by atoms with Crippen LogP contribution >= 0.6 is 7.80 Å². The first kappa shape index (κ1) is 11.4. The maximum Gasteiger partial charge on any atom is 0.335 e. The fraction of sp³-hybridized carbons (Fsp3) is 1.00. The van der Waals surface area contributed by atoms with E-state index in [1.54, 1.807) is 6.66 Å².